The Hall–Kier alpha value is -3.12. The van der Waals surface area contributed by atoms with Crippen molar-refractivity contribution in [3.63, 3.8) is 0 Å². The Balaban J connectivity index is 1.93. The van der Waals surface area contributed by atoms with Crippen molar-refractivity contribution in [2.24, 2.45) is 0 Å². The summed E-state index contributed by atoms with van der Waals surface area (Å²) in [5.74, 6) is -0.106. The molecule has 162 valence electrons. The van der Waals surface area contributed by atoms with E-state index in [2.05, 4.69) is 23.9 Å². The third-order valence-corrected chi connectivity index (χ3v) is 6.70. The number of para-hydroxylation sites is 1. The van der Waals surface area contributed by atoms with Gasteiger partial charge in [0.1, 0.15) is 0 Å². The molecule has 6 heteroatoms. The van der Waals surface area contributed by atoms with Crippen molar-refractivity contribution in [2.75, 3.05) is 10.0 Å². The van der Waals surface area contributed by atoms with E-state index < -0.39 is 10.0 Å². The van der Waals surface area contributed by atoms with Crippen molar-refractivity contribution >= 4 is 27.3 Å². The first-order valence-electron chi connectivity index (χ1n) is 10.2. The molecule has 0 unspecified atom stereocenters. The van der Waals surface area contributed by atoms with Crippen molar-refractivity contribution in [3.8, 4) is 0 Å². The molecule has 3 aromatic rings. The maximum atomic E-state index is 13.0. The van der Waals surface area contributed by atoms with Gasteiger partial charge in [0.05, 0.1) is 4.90 Å². The number of carbonyl (C=O) groups is 1. The third kappa shape index (κ3) is 5.14. The van der Waals surface area contributed by atoms with Gasteiger partial charge in [-0.2, -0.15) is 0 Å². The number of nitrogens with one attached hydrogen (secondary N) is 2. The van der Waals surface area contributed by atoms with Crippen LogP contribution in [0.1, 0.15) is 52.4 Å². The molecule has 0 aliphatic rings. The summed E-state index contributed by atoms with van der Waals surface area (Å²) in [6, 6.07) is 17.8. The van der Waals surface area contributed by atoms with E-state index in [1.54, 1.807) is 37.3 Å². The zero-order valence-corrected chi connectivity index (χ0v) is 19.3. The summed E-state index contributed by atoms with van der Waals surface area (Å²) in [6.07, 6.45) is 0. The Bertz CT molecular complexity index is 1230. The Morgan fingerprint density at radius 2 is 1.58 bits per heavy atom. The van der Waals surface area contributed by atoms with Crippen LogP contribution in [0.4, 0.5) is 11.4 Å². The molecule has 0 aromatic heterocycles. The maximum Gasteiger partial charge on any atom is 0.262 e. The average Bonchev–Trinajstić information content (AvgIpc) is 2.69. The van der Waals surface area contributed by atoms with Crippen LogP contribution in [0.2, 0.25) is 0 Å². The minimum atomic E-state index is -3.85. The second kappa shape index (κ2) is 8.94. The third-order valence-electron chi connectivity index (χ3n) is 5.18. The second-order valence-corrected chi connectivity index (χ2v) is 9.75. The van der Waals surface area contributed by atoms with E-state index in [1.807, 2.05) is 38.1 Å². The molecule has 5 nitrogen and oxygen atoms in total. The summed E-state index contributed by atoms with van der Waals surface area (Å²) >= 11 is 0. The van der Waals surface area contributed by atoms with E-state index in [4.69, 9.17) is 0 Å². The number of benzene rings is 3. The largest absolute Gasteiger partial charge is 0.321 e. The van der Waals surface area contributed by atoms with Crippen molar-refractivity contribution in [2.45, 2.75) is 45.4 Å². The zero-order chi connectivity index (χ0) is 22.8. The lowest BCUT2D eigenvalue weighted by Gasteiger charge is -2.17. The van der Waals surface area contributed by atoms with Crippen molar-refractivity contribution < 1.29 is 13.2 Å². The Labute approximate surface area is 184 Å². The molecule has 0 saturated heterocycles. The molecule has 0 aliphatic carbocycles. The zero-order valence-electron chi connectivity index (χ0n) is 18.5. The van der Waals surface area contributed by atoms with Crippen LogP contribution >= 0.6 is 0 Å². The number of carbonyl (C=O) groups excluding carboxylic acids is 1. The number of hydrogen-bond donors (Lipinski definition) is 2. The van der Waals surface area contributed by atoms with Crippen LogP contribution in [0, 0.1) is 20.8 Å². The molecule has 0 bridgehead atoms. The number of aryl methyl sites for hydroxylation is 3. The minimum Gasteiger partial charge on any atom is -0.321 e. The first kappa shape index (κ1) is 22.6. The molecule has 0 atom stereocenters. The number of rotatable bonds is 6. The molecule has 0 fully saturated rings. The molecule has 2 N–H and O–H groups in total. The van der Waals surface area contributed by atoms with E-state index in [-0.39, 0.29) is 22.3 Å². The highest BCUT2D eigenvalue weighted by Gasteiger charge is 2.20. The molecular formula is C25H28N2O3S. The summed E-state index contributed by atoms with van der Waals surface area (Å²) in [4.78, 5) is 13.1. The van der Waals surface area contributed by atoms with Crippen molar-refractivity contribution in [1.29, 1.82) is 0 Å². The van der Waals surface area contributed by atoms with Gasteiger partial charge in [-0.25, -0.2) is 8.42 Å². The lowest BCUT2D eigenvalue weighted by molar-refractivity contribution is 0.102. The molecule has 31 heavy (non-hydrogen) atoms. The summed E-state index contributed by atoms with van der Waals surface area (Å²) in [5.41, 5.74) is 5.05. The van der Waals surface area contributed by atoms with Crippen LogP contribution in [-0.2, 0) is 10.0 Å². The van der Waals surface area contributed by atoms with Gasteiger partial charge in [-0.05, 0) is 73.2 Å². The topological polar surface area (TPSA) is 75.3 Å². The van der Waals surface area contributed by atoms with Crippen LogP contribution in [0.25, 0.3) is 0 Å². The Morgan fingerprint density at radius 3 is 2.26 bits per heavy atom. The summed E-state index contributed by atoms with van der Waals surface area (Å²) in [7, 11) is -3.85. The van der Waals surface area contributed by atoms with Gasteiger partial charge in [-0.1, -0.05) is 50.2 Å². The van der Waals surface area contributed by atoms with Gasteiger partial charge >= 0.3 is 0 Å². The molecule has 3 aromatic carbocycles. The van der Waals surface area contributed by atoms with Crippen LogP contribution < -0.4 is 10.0 Å². The fourth-order valence-electron chi connectivity index (χ4n) is 3.48. The Morgan fingerprint density at radius 1 is 0.871 bits per heavy atom. The average molecular weight is 437 g/mol. The lowest BCUT2D eigenvalue weighted by Crippen LogP contribution is -2.18. The lowest BCUT2D eigenvalue weighted by atomic mass is 9.98. The predicted molar refractivity (Wildman–Crippen MR) is 126 cm³/mol. The van der Waals surface area contributed by atoms with Gasteiger partial charge in [0.15, 0.2) is 0 Å². The standard InChI is InChI=1S/C25H28N2O3S/c1-16(2)22-11-7-9-19(5)24(22)26-25(28)20-13-12-18(4)23(15-20)31(29,30)27-21-10-6-8-17(3)14-21/h6-16,27H,1-5H3,(H,26,28). The first-order chi connectivity index (χ1) is 14.6. The molecule has 3 rings (SSSR count). The Kier molecular flexibility index (Phi) is 6.51. The van der Waals surface area contributed by atoms with Gasteiger partial charge in [-0.15, -0.1) is 0 Å². The van der Waals surface area contributed by atoms with Gasteiger partial charge in [0, 0.05) is 16.9 Å². The monoisotopic (exact) mass is 436 g/mol. The van der Waals surface area contributed by atoms with Gasteiger partial charge < -0.3 is 5.32 Å². The van der Waals surface area contributed by atoms with Crippen LogP contribution in [0.3, 0.4) is 0 Å². The van der Waals surface area contributed by atoms with Crippen molar-refractivity contribution in [1.82, 2.24) is 0 Å². The molecular weight excluding hydrogens is 408 g/mol. The molecule has 0 spiro atoms. The maximum absolute atomic E-state index is 13.0. The molecule has 0 saturated carbocycles. The highest BCUT2D eigenvalue weighted by atomic mass is 32.2. The number of amides is 1. The summed E-state index contributed by atoms with van der Waals surface area (Å²) in [6.45, 7) is 9.68. The molecule has 0 radical (unpaired) electrons. The predicted octanol–water partition coefficient (Wildman–Crippen LogP) is 5.79. The quantitative estimate of drug-likeness (QED) is 0.514. The first-order valence-corrected chi connectivity index (χ1v) is 11.7. The summed E-state index contributed by atoms with van der Waals surface area (Å²) < 4.78 is 28.6. The second-order valence-electron chi connectivity index (χ2n) is 8.10. The van der Waals surface area contributed by atoms with E-state index in [0.29, 0.717) is 11.3 Å². The molecule has 0 heterocycles. The molecule has 0 aliphatic heterocycles. The highest BCUT2D eigenvalue weighted by Crippen LogP contribution is 2.28. The van der Waals surface area contributed by atoms with Crippen LogP contribution in [-0.4, -0.2) is 14.3 Å². The van der Waals surface area contributed by atoms with Crippen LogP contribution in [0.15, 0.2) is 65.6 Å². The minimum absolute atomic E-state index is 0.0792. The normalized spacial score (nSPS) is 11.4. The van der Waals surface area contributed by atoms with Gasteiger partial charge in [0.25, 0.3) is 15.9 Å². The fraction of sp³-hybridized carbons (Fsp3) is 0.240. The number of anilines is 2. The SMILES string of the molecule is Cc1cccc(NS(=O)(=O)c2cc(C(=O)Nc3c(C)cccc3C(C)C)ccc2C)c1. The van der Waals surface area contributed by atoms with E-state index in [0.717, 1.165) is 22.4 Å². The van der Waals surface area contributed by atoms with Crippen molar-refractivity contribution in [3.05, 3.63) is 88.5 Å². The molecule has 1 amide bonds. The van der Waals surface area contributed by atoms with E-state index in [1.165, 1.54) is 6.07 Å². The fourth-order valence-corrected chi connectivity index (χ4v) is 4.80. The smallest absolute Gasteiger partial charge is 0.262 e. The van der Waals surface area contributed by atoms with E-state index in [9.17, 15) is 13.2 Å². The van der Waals surface area contributed by atoms with Crippen LogP contribution in [0.5, 0.6) is 0 Å². The number of sulfonamides is 1. The highest BCUT2D eigenvalue weighted by molar-refractivity contribution is 7.92. The van der Waals surface area contributed by atoms with Gasteiger partial charge in [-0.3, -0.25) is 9.52 Å². The number of hydrogen-bond acceptors (Lipinski definition) is 3. The van der Waals surface area contributed by atoms with Gasteiger partial charge in [0.2, 0.25) is 0 Å². The summed E-state index contributed by atoms with van der Waals surface area (Å²) in [5, 5.41) is 2.98. The van der Waals surface area contributed by atoms with E-state index >= 15 is 0 Å².